The topological polar surface area (TPSA) is 241 Å². The van der Waals surface area contributed by atoms with E-state index < -0.39 is 76.3 Å². The summed E-state index contributed by atoms with van der Waals surface area (Å²) < 4.78 is 12.0. The van der Waals surface area contributed by atoms with Gasteiger partial charge in [0.15, 0.2) is 41.0 Å². The molecule has 0 aliphatic carbocycles. The summed E-state index contributed by atoms with van der Waals surface area (Å²) in [5, 5.41) is 116. The fraction of sp³-hybridized carbons (Fsp3) is 0.200. The molecule has 0 saturated carbocycles. The van der Waals surface area contributed by atoms with Gasteiger partial charge in [-0.3, -0.25) is 0 Å². The maximum absolute atomic E-state index is 11.8. The number of ether oxygens (including phenoxy) is 2. The van der Waals surface area contributed by atoms with Crippen LogP contribution in [0.3, 0.4) is 0 Å². The number of aliphatic hydroxyl groups excluding tert-OH is 2. The SMILES string of the molecule is Oc1cc(O)c2c(c1)O[C@H](c1ccc(O)c(O)c1)[C@H](O)C2c1c(O)cc(O)c2c1O[C@H](c1cc(O)c(O)c(O)c1)[C@H](O)C2. The van der Waals surface area contributed by atoms with E-state index in [0.717, 1.165) is 30.3 Å². The summed E-state index contributed by atoms with van der Waals surface area (Å²) in [6.07, 6.45) is -5.87. The lowest BCUT2D eigenvalue weighted by Gasteiger charge is -2.40. The summed E-state index contributed by atoms with van der Waals surface area (Å²) in [7, 11) is 0. The van der Waals surface area contributed by atoms with E-state index in [4.69, 9.17) is 9.47 Å². The third kappa shape index (κ3) is 4.42. The van der Waals surface area contributed by atoms with Gasteiger partial charge in [-0.05, 0) is 29.8 Å². The van der Waals surface area contributed by atoms with Crippen LogP contribution in [0, 0.1) is 0 Å². The van der Waals surface area contributed by atoms with E-state index >= 15 is 0 Å². The number of hydrogen-bond donors (Lipinski definition) is 11. The molecule has 2 heterocycles. The van der Waals surface area contributed by atoms with Gasteiger partial charge in [-0.1, -0.05) is 6.07 Å². The van der Waals surface area contributed by atoms with Crippen molar-refractivity contribution < 1.29 is 65.6 Å². The van der Waals surface area contributed by atoms with E-state index in [1.807, 2.05) is 0 Å². The average Bonchev–Trinajstić information content (AvgIpc) is 2.94. The van der Waals surface area contributed by atoms with Crippen LogP contribution in [-0.4, -0.2) is 68.4 Å². The second-order valence-electron chi connectivity index (χ2n) is 10.5. The van der Waals surface area contributed by atoms with Crippen LogP contribution in [0.4, 0.5) is 0 Å². The molecule has 2 aliphatic rings. The van der Waals surface area contributed by atoms with E-state index in [2.05, 4.69) is 0 Å². The largest absolute Gasteiger partial charge is 0.508 e. The third-order valence-electron chi connectivity index (χ3n) is 7.77. The highest BCUT2D eigenvalue weighted by Gasteiger charge is 2.46. The molecule has 2 aliphatic heterocycles. The quantitative estimate of drug-likeness (QED) is 0.153. The van der Waals surface area contributed by atoms with E-state index in [1.165, 1.54) is 18.2 Å². The smallest absolute Gasteiger partial charge is 0.200 e. The molecule has 4 aromatic rings. The first-order valence-corrected chi connectivity index (χ1v) is 12.9. The van der Waals surface area contributed by atoms with Gasteiger partial charge in [0.1, 0.15) is 40.6 Å². The molecule has 0 saturated heterocycles. The Morgan fingerprint density at radius 1 is 0.558 bits per heavy atom. The molecule has 0 radical (unpaired) electrons. The summed E-state index contributed by atoms with van der Waals surface area (Å²) >= 11 is 0. The number of aromatic hydroxyl groups is 9. The van der Waals surface area contributed by atoms with Gasteiger partial charge >= 0.3 is 0 Å². The molecular weight excluding hydrogens is 568 g/mol. The normalized spacial score (nSPS) is 22.6. The highest BCUT2D eigenvalue weighted by Crippen LogP contribution is 2.57. The Morgan fingerprint density at radius 2 is 1.21 bits per heavy atom. The Hall–Kier alpha value is -5.40. The Labute approximate surface area is 242 Å². The predicted molar refractivity (Wildman–Crippen MR) is 145 cm³/mol. The lowest BCUT2D eigenvalue weighted by molar-refractivity contribution is 0.00113. The molecule has 224 valence electrons. The highest BCUT2D eigenvalue weighted by molar-refractivity contribution is 5.66. The number of aliphatic hydroxyl groups is 2. The first-order valence-electron chi connectivity index (χ1n) is 12.9. The van der Waals surface area contributed by atoms with Crippen LogP contribution in [0.1, 0.15) is 45.9 Å². The van der Waals surface area contributed by atoms with Gasteiger partial charge in [0.2, 0.25) is 0 Å². The summed E-state index contributed by atoms with van der Waals surface area (Å²) in [5.41, 5.74) is 0.0126. The van der Waals surface area contributed by atoms with Crippen LogP contribution in [0.25, 0.3) is 0 Å². The van der Waals surface area contributed by atoms with Crippen LogP contribution in [0.2, 0.25) is 0 Å². The maximum Gasteiger partial charge on any atom is 0.200 e. The van der Waals surface area contributed by atoms with E-state index in [1.54, 1.807) is 0 Å². The van der Waals surface area contributed by atoms with Crippen molar-refractivity contribution in [2.45, 2.75) is 36.8 Å². The van der Waals surface area contributed by atoms with E-state index in [0.29, 0.717) is 0 Å². The van der Waals surface area contributed by atoms with Crippen molar-refractivity contribution in [3.05, 3.63) is 76.3 Å². The second-order valence-corrected chi connectivity index (χ2v) is 10.5. The monoisotopic (exact) mass is 594 g/mol. The molecule has 0 amide bonds. The minimum absolute atomic E-state index is 0.0258. The van der Waals surface area contributed by atoms with Crippen molar-refractivity contribution in [2.24, 2.45) is 0 Å². The Balaban J connectivity index is 1.56. The number of rotatable bonds is 3. The van der Waals surface area contributed by atoms with Gasteiger partial charge in [-0.15, -0.1) is 0 Å². The number of fused-ring (bicyclic) bond motifs is 2. The molecule has 13 nitrogen and oxygen atoms in total. The van der Waals surface area contributed by atoms with Crippen LogP contribution in [0.15, 0.2) is 48.5 Å². The first kappa shape index (κ1) is 27.8. The van der Waals surface area contributed by atoms with Crippen molar-refractivity contribution >= 4 is 0 Å². The summed E-state index contributed by atoms with van der Waals surface area (Å²) in [6.45, 7) is 0. The summed E-state index contributed by atoms with van der Waals surface area (Å²) in [6, 6.07) is 8.92. The number of benzene rings is 4. The second kappa shape index (κ2) is 9.86. The molecule has 0 aromatic heterocycles. The van der Waals surface area contributed by atoms with Crippen LogP contribution in [-0.2, 0) is 6.42 Å². The zero-order valence-corrected chi connectivity index (χ0v) is 21.9. The molecule has 5 atom stereocenters. The number of hydrogen-bond acceptors (Lipinski definition) is 13. The Bertz CT molecular complexity index is 1750. The van der Waals surface area contributed by atoms with E-state index in [-0.39, 0.29) is 51.5 Å². The van der Waals surface area contributed by atoms with Crippen molar-refractivity contribution in [1.82, 2.24) is 0 Å². The molecule has 11 N–H and O–H groups in total. The predicted octanol–water partition coefficient (Wildman–Crippen LogP) is 2.70. The lowest BCUT2D eigenvalue weighted by Crippen LogP contribution is -2.36. The summed E-state index contributed by atoms with van der Waals surface area (Å²) in [5.74, 6) is -6.77. The lowest BCUT2D eigenvalue weighted by atomic mass is 9.77. The molecule has 13 heteroatoms. The van der Waals surface area contributed by atoms with Crippen molar-refractivity contribution in [2.75, 3.05) is 0 Å². The van der Waals surface area contributed by atoms with Gasteiger partial charge in [0.25, 0.3) is 0 Å². The molecule has 0 bridgehead atoms. The highest BCUT2D eigenvalue weighted by atomic mass is 16.5. The van der Waals surface area contributed by atoms with Crippen LogP contribution in [0.5, 0.6) is 63.2 Å². The molecule has 1 unspecified atom stereocenters. The Morgan fingerprint density at radius 3 is 1.88 bits per heavy atom. The first-order chi connectivity index (χ1) is 20.3. The van der Waals surface area contributed by atoms with Crippen molar-refractivity contribution in [3.63, 3.8) is 0 Å². The van der Waals surface area contributed by atoms with Crippen molar-refractivity contribution in [3.8, 4) is 63.2 Å². The van der Waals surface area contributed by atoms with Gasteiger partial charge in [0, 0.05) is 46.9 Å². The molecule has 4 aromatic carbocycles. The average molecular weight is 595 g/mol. The summed E-state index contributed by atoms with van der Waals surface area (Å²) in [4.78, 5) is 0. The maximum atomic E-state index is 11.8. The van der Waals surface area contributed by atoms with Gasteiger partial charge in [-0.2, -0.15) is 0 Å². The minimum Gasteiger partial charge on any atom is -0.508 e. The van der Waals surface area contributed by atoms with Gasteiger partial charge in [-0.25, -0.2) is 0 Å². The molecular formula is C30H26O13. The standard InChI is InChI=1S/C30H26O13/c31-12-6-17(35)23-22(7-12)42-29(10-1-2-14(32)16(34)3-10)27(41)25(23)24-18(36)9-15(33)13-8-21(39)28(43-30(13)24)11-4-19(37)26(40)20(38)5-11/h1-7,9,21,25,27-29,31-41H,8H2/t21-,25?,27-,28-,29-/m1/s1. The zero-order chi connectivity index (χ0) is 30.9. The Kier molecular flexibility index (Phi) is 6.36. The van der Waals surface area contributed by atoms with Crippen LogP contribution >= 0.6 is 0 Å². The molecule has 6 rings (SSSR count). The van der Waals surface area contributed by atoms with Gasteiger partial charge in [0.05, 0.1) is 12.0 Å². The fourth-order valence-electron chi connectivity index (χ4n) is 5.78. The van der Waals surface area contributed by atoms with Crippen molar-refractivity contribution in [1.29, 1.82) is 0 Å². The number of phenols is 9. The zero-order valence-electron chi connectivity index (χ0n) is 21.9. The fourth-order valence-corrected chi connectivity index (χ4v) is 5.78. The number of phenolic OH excluding ortho intramolecular Hbond substituents is 9. The molecule has 43 heavy (non-hydrogen) atoms. The molecule has 0 fully saturated rings. The minimum atomic E-state index is -1.64. The van der Waals surface area contributed by atoms with Gasteiger partial charge < -0.3 is 65.6 Å². The van der Waals surface area contributed by atoms with E-state index in [9.17, 15) is 56.2 Å². The van der Waals surface area contributed by atoms with Crippen LogP contribution < -0.4 is 9.47 Å². The molecule has 0 spiro atoms. The third-order valence-corrected chi connectivity index (χ3v) is 7.77.